The second-order valence-electron chi connectivity index (χ2n) is 5.76. The lowest BCUT2D eigenvalue weighted by molar-refractivity contribution is 0.166. The summed E-state index contributed by atoms with van der Waals surface area (Å²) in [5.41, 5.74) is 1.16. The fraction of sp³-hybridized carbons (Fsp3) is 0.857. The van der Waals surface area contributed by atoms with E-state index in [4.69, 9.17) is 0 Å². The van der Waals surface area contributed by atoms with Crippen molar-refractivity contribution in [3.05, 3.63) is 12.3 Å². The number of nitrogens with zero attached hydrogens (tertiary/aromatic N) is 1. The van der Waals surface area contributed by atoms with Gasteiger partial charge in [-0.05, 0) is 51.6 Å². The molecule has 0 amide bonds. The Morgan fingerprint density at radius 3 is 2.25 bits per heavy atom. The number of piperidine rings is 1. The lowest BCUT2D eigenvalue weighted by Crippen LogP contribution is -2.39. The van der Waals surface area contributed by atoms with E-state index in [1.54, 1.807) is 0 Å². The van der Waals surface area contributed by atoms with Crippen LogP contribution in [0.3, 0.4) is 0 Å². The van der Waals surface area contributed by atoms with Crippen molar-refractivity contribution in [2.45, 2.75) is 46.6 Å². The van der Waals surface area contributed by atoms with Gasteiger partial charge in [0.15, 0.2) is 0 Å². The van der Waals surface area contributed by atoms with E-state index in [1.165, 1.54) is 25.9 Å². The molecule has 0 saturated carbocycles. The van der Waals surface area contributed by atoms with Gasteiger partial charge in [0.2, 0.25) is 0 Å². The predicted octanol–water partition coefficient (Wildman–Crippen LogP) is 2.87. The number of likely N-dealkylation sites (tertiary alicyclic amines) is 1. The summed E-state index contributed by atoms with van der Waals surface area (Å²) in [5, 5.41) is 3.39. The van der Waals surface area contributed by atoms with Gasteiger partial charge in [-0.15, -0.1) is 0 Å². The first-order chi connectivity index (χ1) is 7.49. The molecule has 1 aliphatic rings. The molecule has 1 aliphatic heterocycles. The van der Waals surface area contributed by atoms with E-state index in [-0.39, 0.29) is 0 Å². The molecule has 0 unspecified atom stereocenters. The van der Waals surface area contributed by atoms with Crippen LogP contribution in [0.25, 0.3) is 0 Å². The van der Waals surface area contributed by atoms with Crippen LogP contribution in [0.5, 0.6) is 0 Å². The van der Waals surface area contributed by atoms with Gasteiger partial charge in [0.05, 0.1) is 0 Å². The maximum Gasteiger partial charge on any atom is 0.0375 e. The molecule has 16 heavy (non-hydrogen) atoms. The Labute approximate surface area is 101 Å². The van der Waals surface area contributed by atoms with Gasteiger partial charge < -0.3 is 5.32 Å². The SMILES string of the molecule is C=C(CN1CCC(C(C)C)CC1)NC(C)C. The van der Waals surface area contributed by atoms with Crippen molar-refractivity contribution in [2.75, 3.05) is 19.6 Å². The smallest absolute Gasteiger partial charge is 0.0375 e. The van der Waals surface area contributed by atoms with E-state index in [2.05, 4.69) is 44.5 Å². The Morgan fingerprint density at radius 2 is 1.81 bits per heavy atom. The topological polar surface area (TPSA) is 15.3 Å². The van der Waals surface area contributed by atoms with Crippen molar-refractivity contribution in [3.8, 4) is 0 Å². The molecule has 1 heterocycles. The van der Waals surface area contributed by atoms with Crippen LogP contribution in [-0.4, -0.2) is 30.6 Å². The van der Waals surface area contributed by atoms with Gasteiger partial charge in [0.25, 0.3) is 0 Å². The maximum atomic E-state index is 4.09. The van der Waals surface area contributed by atoms with E-state index in [0.717, 1.165) is 24.1 Å². The summed E-state index contributed by atoms with van der Waals surface area (Å²) in [6.45, 7) is 16.6. The highest BCUT2D eigenvalue weighted by Gasteiger charge is 2.21. The normalized spacial score (nSPS) is 19.4. The van der Waals surface area contributed by atoms with Crippen molar-refractivity contribution in [2.24, 2.45) is 11.8 Å². The number of hydrogen-bond acceptors (Lipinski definition) is 2. The van der Waals surface area contributed by atoms with Gasteiger partial charge in [-0.25, -0.2) is 0 Å². The molecule has 0 spiro atoms. The molecule has 94 valence electrons. The van der Waals surface area contributed by atoms with Crippen LogP contribution in [0.4, 0.5) is 0 Å². The monoisotopic (exact) mass is 224 g/mol. The molecule has 0 aromatic heterocycles. The molecule has 1 rings (SSSR count). The van der Waals surface area contributed by atoms with Crippen molar-refractivity contribution < 1.29 is 0 Å². The first kappa shape index (κ1) is 13.6. The Balaban J connectivity index is 2.24. The summed E-state index contributed by atoms with van der Waals surface area (Å²) in [6.07, 6.45) is 2.71. The van der Waals surface area contributed by atoms with E-state index < -0.39 is 0 Å². The third-order valence-corrected chi connectivity index (χ3v) is 3.48. The van der Waals surface area contributed by atoms with Crippen molar-refractivity contribution in [1.29, 1.82) is 0 Å². The molecule has 1 fully saturated rings. The van der Waals surface area contributed by atoms with E-state index >= 15 is 0 Å². The molecule has 0 aromatic rings. The summed E-state index contributed by atoms with van der Waals surface area (Å²) in [6, 6.07) is 0.501. The molecule has 2 heteroatoms. The molecule has 0 bridgehead atoms. The Morgan fingerprint density at radius 1 is 1.25 bits per heavy atom. The minimum absolute atomic E-state index is 0.501. The molecule has 0 aliphatic carbocycles. The molecule has 0 aromatic carbocycles. The number of nitrogens with one attached hydrogen (secondary N) is 1. The van der Waals surface area contributed by atoms with Gasteiger partial charge in [-0.1, -0.05) is 20.4 Å². The quantitative estimate of drug-likeness (QED) is 0.772. The Bertz CT molecular complexity index is 213. The Hall–Kier alpha value is -0.500. The van der Waals surface area contributed by atoms with Gasteiger partial charge in [0, 0.05) is 18.3 Å². The minimum atomic E-state index is 0.501. The van der Waals surface area contributed by atoms with Crippen LogP contribution in [0.1, 0.15) is 40.5 Å². The molecule has 0 radical (unpaired) electrons. The second-order valence-corrected chi connectivity index (χ2v) is 5.76. The highest BCUT2D eigenvalue weighted by Crippen LogP contribution is 2.24. The third kappa shape index (κ3) is 4.56. The third-order valence-electron chi connectivity index (χ3n) is 3.48. The first-order valence-electron chi connectivity index (χ1n) is 6.65. The molecule has 1 saturated heterocycles. The minimum Gasteiger partial charge on any atom is -0.386 e. The zero-order valence-electron chi connectivity index (χ0n) is 11.4. The zero-order valence-corrected chi connectivity index (χ0v) is 11.4. The molecule has 1 N–H and O–H groups in total. The molecular weight excluding hydrogens is 196 g/mol. The van der Waals surface area contributed by atoms with Gasteiger partial charge in [-0.3, -0.25) is 4.90 Å². The summed E-state index contributed by atoms with van der Waals surface area (Å²) in [4.78, 5) is 2.52. The summed E-state index contributed by atoms with van der Waals surface area (Å²) in [5.74, 6) is 1.78. The van der Waals surface area contributed by atoms with Crippen LogP contribution < -0.4 is 5.32 Å². The van der Waals surface area contributed by atoms with Crippen LogP contribution in [-0.2, 0) is 0 Å². The van der Waals surface area contributed by atoms with Gasteiger partial charge >= 0.3 is 0 Å². The standard InChI is InChI=1S/C14H28N2/c1-11(2)14-6-8-16(9-7-14)10-13(5)15-12(3)4/h11-12,14-15H,5-10H2,1-4H3. The van der Waals surface area contributed by atoms with Gasteiger partial charge in [-0.2, -0.15) is 0 Å². The number of rotatable bonds is 5. The lowest BCUT2D eigenvalue weighted by atomic mass is 9.87. The van der Waals surface area contributed by atoms with E-state index in [0.29, 0.717) is 6.04 Å². The van der Waals surface area contributed by atoms with Crippen molar-refractivity contribution >= 4 is 0 Å². The summed E-state index contributed by atoms with van der Waals surface area (Å²) >= 11 is 0. The van der Waals surface area contributed by atoms with Crippen LogP contribution in [0.15, 0.2) is 12.3 Å². The van der Waals surface area contributed by atoms with Crippen molar-refractivity contribution in [1.82, 2.24) is 10.2 Å². The fourth-order valence-corrected chi connectivity index (χ4v) is 2.50. The highest BCUT2D eigenvalue weighted by molar-refractivity contribution is 4.96. The van der Waals surface area contributed by atoms with E-state index in [9.17, 15) is 0 Å². The molecule has 0 atom stereocenters. The maximum absolute atomic E-state index is 4.09. The Kier molecular flexibility index (Phi) is 5.33. The van der Waals surface area contributed by atoms with Crippen LogP contribution in [0, 0.1) is 11.8 Å². The lowest BCUT2D eigenvalue weighted by Gasteiger charge is -2.34. The second kappa shape index (κ2) is 6.29. The largest absolute Gasteiger partial charge is 0.386 e. The highest BCUT2D eigenvalue weighted by atomic mass is 15.1. The first-order valence-corrected chi connectivity index (χ1v) is 6.65. The fourth-order valence-electron chi connectivity index (χ4n) is 2.50. The van der Waals surface area contributed by atoms with Crippen LogP contribution >= 0.6 is 0 Å². The average molecular weight is 224 g/mol. The molecule has 2 nitrogen and oxygen atoms in total. The summed E-state index contributed by atoms with van der Waals surface area (Å²) < 4.78 is 0. The van der Waals surface area contributed by atoms with Crippen LogP contribution in [0.2, 0.25) is 0 Å². The average Bonchev–Trinajstić information content (AvgIpc) is 2.16. The van der Waals surface area contributed by atoms with Gasteiger partial charge in [0.1, 0.15) is 0 Å². The summed E-state index contributed by atoms with van der Waals surface area (Å²) in [7, 11) is 0. The zero-order chi connectivity index (χ0) is 12.1. The molecular formula is C14H28N2. The van der Waals surface area contributed by atoms with Crippen molar-refractivity contribution in [3.63, 3.8) is 0 Å². The van der Waals surface area contributed by atoms with E-state index in [1.807, 2.05) is 0 Å². The predicted molar refractivity (Wildman–Crippen MR) is 71.4 cm³/mol. The number of hydrogen-bond donors (Lipinski definition) is 1.